The predicted octanol–water partition coefficient (Wildman–Crippen LogP) is 3.25. The van der Waals surface area contributed by atoms with Gasteiger partial charge in [-0.05, 0) is 50.2 Å². The Hall–Kier alpha value is -1.68. The van der Waals surface area contributed by atoms with E-state index < -0.39 is 0 Å². The summed E-state index contributed by atoms with van der Waals surface area (Å²) in [4.78, 5) is 9.04. The lowest BCUT2D eigenvalue weighted by Crippen LogP contribution is -2.47. The Morgan fingerprint density at radius 1 is 1.27 bits per heavy atom. The van der Waals surface area contributed by atoms with Gasteiger partial charge in [-0.1, -0.05) is 24.3 Å². The average Bonchev–Trinajstić information content (AvgIpc) is 3.21. The normalized spacial score (nSPS) is 20.6. The first kappa shape index (κ1) is 23.0. The van der Waals surface area contributed by atoms with Crippen molar-refractivity contribution in [1.82, 2.24) is 25.4 Å². The second-order valence-electron chi connectivity index (χ2n) is 7.80. The smallest absolute Gasteiger partial charge is 0.191 e. The SMILES string of the molecule is CCNC(=NCCCOC1CCCc2ccccc21)NC1CCc2ncnn2C1.I. The van der Waals surface area contributed by atoms with Gasteiger partial charge < -0.3 is 15.4 Å². The molecular formula is C22H33IN6O. The second-order valence-corrected chi connectivity index (χ2v) is 7.80. The Bertz CT molecular complexity index is 823. The topological polar surface area (TPSA) is 76.4 Å². The van der Waals surface area contributed by atoms with Crippen LogP contribution in [0.15, 0.2) is 35.6 Å². The molecule has 2 aromatic rings. The van der Waals surface area contributed by atoms with E-state index in [2.05, 4.69) is 51.9 Å². The highest BCUT2D eigenvalue weighted by molar-refractivity contribution is 14.0. The lowest BCUT2D eigenvalue weighted by molar-refractivity contribution is 0.0403. The van der Waals surface area contributed by atoms with E-state index in [9.17, 15) is 0 Å². The molecule has 0 fully saturated rings. The molecule has 0 saturated carbocycles. The zero-order valence-electron chi connectivity index (χ0n) is 17.7. The zero-order valence-corrected chi connectivity index (χ0v) is 20.0. The predicted molar refractivity (Wildman–Crippen MR) is 129 cm³/mol. The Labute approximate surface area is 196 Å². The quantitative estimate of drug-likeness (QED) is 0.252. The maximum Gasteiger partial charge on any atom is 0.191 e. The summed E-state index contributed by atoms with van der Waals surface area (Å²) in [5.74, 6) is 1.95. The Kier molecular flexibility index (Phi) is 8.92. The number of guanidine groups is 1. The molecule has 30 heavy (non-hydrogen) atoms. The van der Waals surface area contributed by atoms with E-state index in [-0.39, 0.29) is 30.1 Å². The van der Waals surface area contributed by atoms with Crippen molar-refractivity contribution in [2.24, 2.45) is 4.99 Å². The molecule has 1 aliphatic heterocycles. The largest absolute Gasteiger partial charge is 0.373 e. The number of aryl methyl sites for hydroxylation is 2. The van der Waals surface area contributed by atoms with Gasteiger partial charge in [-0.15, -0.1) is 24.0 Å². The highest BCUT2D eigenvalue weighted by Gasteiger charge is 2.21. The maximum atomic E-state index is 6.20. The molecule has 7 nitrogen and oxygen atoms in total. The van der Waals surface area contributed by atoms with Gasteiger partial charge in [0.1, 0.15) is 12.2 Å². The molecule has 164 valence electrons. The van der Waals surface area contributed by atoms with Gasteiger partial charge in [-0.2, -0.15) is 5.10 Å². The third-order valence-electron chi connectivity index (χ3n) is 5.70. The summed E-state index contributed by atoms with van der Waals surface area (Å²) in [5.41, 5.74) is 2.82. The molecule has 0 saturated heterocycles. The lowest BCUT2D eigenvalue weighted by atomic mass is 9.89. The highest BCUT2D eigenvalue weighted by Crippen LogP contribution is 2.32. The number of rotatable bonds is 7. The molecule has 2 heterocycles. The fourth-order valence-corrected chi connectivity index (χ4v) is 4.23. The summed E-state index contributed by atoms with van der Waals surface area (Å²) in [7, 11) is 0. The molecule has 2 unspecified atom stereocenters. The van der Waals surface area contributed by atoms with Crippen molar-refractivity contribution in [1.29, 1.82) is 0 Å². The van der Waals surface area contributed by atoms with Gasteiger partial charge >= 0.3 is 0 Å². The molecule has 0 bridgehead atoms. The van der Waals surface area contributed by atoms with Crippen LogP contribution in [0.3, 0.4) is 0 Å². The van der Waals surface area contributed by atoms with Gasteiger partial charge in [0.2, 0.25) is 0 Å². The van der Waals surface area contributed by atoms with E-state index in [1.54, 1.807) is 6.33 Å². The van der Waals surface area contributed by atoms with E-state index in [0.29, 0.717) is 6.04 Å². The summed E-state index contributed by atoms with van der Waals surface area (Å²) in [6.07, 6.45) is 8.32. The first-order valence-corrected chi connectivity index (χ1v) is 10.9. The van der Waals surface area contributed by atoms with Gasteiger partial charge in [-0.3, -0.25) is 4.99 Å². The molecule has 1 aromatic heterocycles. The molecule has 2 atom stereocenters. The van der Waals surface area contributed by atoms with Crippen molar-refractivity contribution in [2.45, 2.75) is 64.1 Å². The summed E-state index contributed by atoms with van der Waals surface area (Å²) >= 11 is 0. The molecule has 1 aromatic carbocycles. The molecule has 0 spiro atoms. The van der Waals surface area contributed by atoms with Gasteiger partial charge in [0, 0.05) is 32.2 Å². The van der Waals surface area contributed by atoms with Crippen molar-refractivity contribution in [3.8, 4) is 0 Å². The van der Waals surface area contributed by atoms with Crippen LogP contribution in [-0.2, 0) is 24.1 Å². The maximum absolute atomic E-state index is 6.20. The number of hydrogen-bond acceptors (Lipinski definition) is 4. The van der Waals surface area contributed by atoms with Crippen LogP contribution < -0.4 is 10.6 Å². The summed E-state index contributed by atoms with van der Waals surface area (Å²) < 4.78 is 8.19. The van der Waals surface area contributed by atoms with E-state index in [1.165, 1.54) is 24.0 Å². The van der Waals surface area contributed by atoms with Gasteiger partial charge in [-0.25, -0.2) is 9.67 Å². The van der Waals surface area contributed by atoms with Gasteiger partial charge in [0.25, 0.3) is 0 Å². The Morgan fingerprint density at radius 3 is 3.07 bits per heavy atom. The van der Waals surface area contributed by atoms with E-state index in [1.807, 2.05) is 4.68 Å². The van der Waals surface area contributed by atoms with E-state index in [0.717, 1.165) is 63.7 Å². The van der Waals surface area contributed by atoms with Crippen LogP contribution >= 0.6 is 24.0 Å². The first-order valence-electron chi connectivity index (χ1n) is 10.9. The van der Waals surface area contributed by atoms with Crippen molar-refractivity contribution in [3.63, 3.8) is 0 Å². The molecule has 0 radical (unpaired) electrons. The fourth-order valence-electron chi connectivity index (χ4n) is 4.23. The standard InChI is InChI=1S/C22H32N6O.HI/c1-2-23-22(27-18-11-12-21-25-16-26-28(21)15-18)24-13-6-14-29-20-10-5-8-17-7-3-4-9-19(17)20;/h3-4,7,9,16,18,20H,2,5-6,8,10-15H2,1H3,(H2,23,24,27);1H. The number of aliphatic imine (C=N–C) groups is 1. The van der Waals surface area contributed by atoms with Crippen LogP contribution in [0.4, 0.5) is 0 Å². The number of nitrogens with one attached hydrogen (secondary N) is 2. The highest BCUT2D eigenvalue weighted by atomic mass is 127. The molecule has 1 aliphatic carbocycles. The zero-order chi connectivity index (χ0) is 19.9. The van der Waals surface area contributed by atoms with E-state index >= 15 is 0 Å². The number of benzene rings is 1. The van der Waals surface area contributed by atoms with E-state index in [4.69, 9.17) is 9.73 Å². The molecule has 8 heteroatoms. The number of fused-ring (bicyclic) bond motifs is 2. The fraction of sp³-hybridized carbons (Fsp3) is 0.591. The van der Waals surface area contributed by atoms with Crippen molar-refractivity contribution < 1.29 is 4.74 Å². The van der Waals surface area contributed by atoms with Crippen LogP contribution in [0.2, 0.25) is 0 Å². The van der Waals surface area contributed by atoms with Crippen molar-refractivity contribution >= 4 is 29.9 Å². The Morgan fingerprint density at radius 2 is 2.17 bits per heavy atom. The first-order chi connectivity index (χ1) is 14.3. The molecule has 2 aliphatic rings. The minimum atomic E-state index is 0. The average molecular weight is 524 g/mol. The number of nitrogens with zero attached hydrogens (tertiary/aromatic N) is 4. The number of aromatic nitrogens is 3. The van der Waals surface area contributed by atoms with Crippen molar-refractivity contribution in [3.05, 3.63) is 47.5 Å². The summed E-state index contributed by atoms with van der Waals surface area (Å²) in [5, 5.41) is 11.2. The third kappa shape index (κ3) is 5.94. The van der Waals surface area contributed by atoms with Crippen LogP contribution in [0.1, 0.15) is 55.7 Å². The van der Waals surface area contributed by atoms with Crippen LogP contribution in [0.5, 0.6) is 0 Å². The Balaban J connectivity index is 0.00000256. The molecule has 4 rings (SSSR count). The number of ether oxygens (including phenoxy) is 1. The van der Waals surface area contributed by atoms with Gasteiger partial charge in [0.05, 0.1) is 12.6 Å². The van der Waals surface area contributed by atoms with Crippen LogP contribution in [-0.4, -0.2) is 46.5 Å². The second kappa shape index (κ2) is 11.6. The monoisotopic (exact) mass is 524 g/mol. The summed E-state index contributed by atoms with van der Waals surface area (Å²) in [6, 6.07) is 9.03. The number of halogens is 1. The van der Waals surface area contributed by atoms with Gasteiger partial charge in [0.15, 0.2) is 5.96 Å². The third-order valence-corrected chi connectivity index (χ3v) is 5.70. The number of hydrogen-bond donors (Lipinski definition) is 2. The molecule has 2 N–H and O–H groups in total. The minimum Gasteiger partial charge on any atom is -0.373 e. The molecular weight excluding hydrogens is 491 g/mol. The van der Waals surface area contributed by atoms with Crippen molar-refractivity contribution in [2.75, 3.05) is 19.7 Å². The summed E-state index contributed by atoms with van der Waals surface area (Å²) in [6.45, 7) is 5.28. The van der Waals surface area contributed by atoms with Crippen LogP contribution in [0.25, 0.3) is 0 Å². The molecule has 0 amide bonds. The minimum absolute atomic E-state index is 0. The van der Waals surface area contributed by atoms with Crippen LogP contribution in [0, 0.1) is 0 Å². The lowest BCUT2D eigenvalue weighted by Gasteiger charge is -2.26.